The van der Waals surface area contributed by atoms with E-state index in [9.17, 15) is 14.4 Å². The van der Waals surface area contributed by atoms with E-state index in [1.54, 1.807) is 59.9 Å². The first-order valence-electron chi connectivity index (χ1n) is 15.7. The molecule has 1 aliphatic rings. The summed E-state index contributed by atoms with van der Waals surface area (Å²) in [6.07, 6.45) is 7.06. The van der Waals surface area contributed by atoms with Gasteiger partial charge in [-0.3, -0.25) is 19.3 Å². The molecule has 4 N–H and O–H groups in total. The predicted octanol–water partition coefficient (Wildman–Crippen LogP) is 4.56. The largest absolute Gasteiger partial charge is 0.379 e. The van der Waals surface area contributed by atoms with Gasteiger partial charge in [-0.05, 0) is 54.6 Å². The first-order chi connectivity index (χ1) is 23.3. The highest BCUT2D eigenvalue weighted by molar-refractivity contribution is 6.07. The van der Waals surface area contributed by atoms with Crippen LogP contribution in [0.15, 0.2) is 91.4 Å². The summed E-state index contributed by atoms with van der Waals surface area (Å²) in [4.78, 5) is 45.7. The normalized spacial score (nSPS) is 13.5. The van der Waals surface area contributed by atoms with Crippen molar-refractivity contribution >= 4 is 51.8 Å². The molecule has 0 unspecified atom stereocenters. The molecule has 0 aliphatic carbocycles. The fourth-order valence-corrected chi connectivity index (χ4v) is 5.47. The molecule has 0 atom stereocenters. The summed E-state index contributed by atoms with van der Waals surface area (Å²) in [6.45, 7) is 4.40. The van der Waals surface area contributed by atoms with Crippen LogP contribution in [-0.2, 0) is 18.8 Å². The van der Waals surface area contributed by atoms with E-state index in [4.69, 9.17) is 4.74 Å². The molecule has 1 aliphatic heterocycles. The maximum atomic E-state index is 13.1. The van der Waals surface area contributed by atoms with Crippen LogP contribution in [0.2, 0.25) is 0 Å². The first kappa shape index (κ1) is 32.2. The zero-order valence-electron chi connectivity index (χ0n) is 26.9. The number of hydrogen-bond acceptors (Lipinski definition) is 7. The Labute approximate surface area is 278 Å². The minimum Gasteiger partial charge on any atom is -0.379 e. The lowest BCUT2D eigenvalue weighted by atomic mass is 10.2. The predicted molar refractivity (Wildman–Crippen MR) is 187 cm³/mol. The molecule has 2 aromatic carbocycles. The standard InChI is InChI=1S/C36H38N8O4/c1-42-24-30(21-32(42)35(46)38-15-16-44-17-19-48-20-18-44)41-36(47)33-22-29(23-43(33)2)40-34(45)26-8-10-27(11-9-26)37-14-13-28-12-7-25-5-3-4-6-31(25)39-28/h3-14,21-24,37H,15-20H2,1-2H3,(H,38,46)(H,40,45)(H,41,47)/b14-13+. The third-order valence-electron chi connectivity index (χ3n) is 8.08. The van der Waals surface area contributed by atoms with E-state index >= 15 is 0 Å². The smallest absolute Gasteiger partial charge is 0.272 e. The maximum Gasteiger partial charge on any atom is 0.272 e. The second-order valence-electron chi connectivity index (χ2n) is 11.6. The molecule has 1 fully saturated rings. The lowest BCUT2D eigenvalue weighted by molar-refractivity contribution is 0.0383. The number of benzene rings is 2. The Balaban J connectivity index is 0.999. The molecule has 0 bridgehead atoms. The van der Waals surface area contributed by atoms with Crippen molar-refractivity contribution in [2.24, 2.45) is 14.1 Å². The van der Waals surface area contributed by atoms with E-state index in [-0.39, 0.29) is 17.7 Å². The Morgan fingerprint density at radius 3 is 2.19 bits per heavy atom. The van der Waals surface area contributed by atoms with Gasteiger partial charge in [0.2, 0.25) is 0 Å². The number of aromatic nitrogens is 3. The van der Waals surface area contributed by atoms with Gasteiger partial charge in [0.1, 0.15) is 11.4 Å². The molecule has 0 saturated carbocycles. The molecule has 1 saturated heterocycles. The van der Waals surface area contributed by atoms with Crippen molar-refractivity contribution in [3.8, 4) is 0 Å². The van der Waals surface area contributed by atoms with Gasteiger partial charge in [-0.2, -0.15) is 0 Å². The van der Waals surface area contributed by atoms with Crippen LogP contribution in [0.1, 0.15) is 37.0 Å². The Morgan fingerprint density at radius 2 is 1.46 bits per heavy atom. The van der Waals surface area contributed by atoms with Crippen LogP contribution in [0, 0.1) is 0 Å². The van der Waals surface area contributed by atoms with Crippen LogP contribution in [-0.4, -0.2) is 76.1 Å². The number of pyridine rings is 1. The highest BCUT2D eigenvalue weighted by Crippen LogP contribution is 2.19. The van der Waals surface area contributed by atoms with Crippen molar-refractivity contribution in [2.45, 2.75) is 0 Å². The molecule has 0 radical (unpaired) electrons. The number of carbonyl (C=O) groups is 3. The summed E-state index contributed by atoms with van der Waals surface area (Å²) < 4.78 is 8.67. The molecular formula is C36H38N8O4. The Hall–Kier alpha value is -5.72. The molecule has 0 spiro atoms. The zero-order chi connectivity index (χ0) is 33.5. The maximum absolute atomic E-state index is 13.1. The van der Waals surface area contributed by atoms with E-state index in [0.717, 1.165) is 41.9 Å². The number of hydrogen-bond donors (Lipinski definition) is 4. The van der Waals surface area contributed by atoms with E-state index in [0.29, 0.717) is 48.1 Å². The number of para-hydroxylation sites is 1. The lowest BCUT2D eigenvalue weighted by Gasteiger charge is -2.26. The first-order valence-corrected chi connectivity index (χ1v) is 15.7. The van der Waals surface area contributed by atoms with Gasteiger partial charge in [-0.15, -0.1) is 0 Å². The summed E-state index contributed by atoms with van der Waals surface area (Å²) >= 11 is 0. The number of rotatable bonds is 11. The third-order valence-corrected chi connectivity index (χ3v) is 8.08. The van der Waals surface area contributed by atoms with Crippen molar-refractivity contribution in [3.05, 3.63) is 114 Å². The second kappa shape index (κ2) is 14.8. The van der Waals surface area contributed by atoms with Gasteiger partial charge in [0.15, 0.2) is 0 Å². The van der Waals surface area contributed by atoms with Gasteiger partial charge in [-0.25, -0.2) is 4.98 Å². The highest BCUT2D eigenvalue weighted by Gasteiger charge is 2.18. The number of nitrogens with one attached hydrogen (secondary N) is 4. The number of nitrogens with zero attached hydrogens (tertiary/aromatic N) is 4. The van der Waals surface area contributed by atoms with Crippen LogP contribution < -0.4 is 21.3 Å². The number of fused-ring (bicyclic) bond motifs is 1. The number of carbonyl (C=O) groups excluding carboxylic acids is 3. The Morgan fingerprint density at radius 1 is 0.792 bits per heavy atom. The minimum absolute atomic E-state index is 0.214. The molecule has 4 heterocycles. The van der Waals surface area contributed by atoms with E-state index < -0.39 is 0 Å². The Kier molecular flexibility index (Phi) is 9.93. The van der Waals surface area contributed by atoms with Crippen molar-refractivity contribution in [1.82, 2.24) is 24.3 Å². The molecule has 246 valence electrons. The van der Waals surface area contributed by atoms with Crippen molar-refractivity contribution < 1.29 is 19.1 Å². The average molecular weight is 647 g/mol. The molecule has 3 amide bonds. The van der Waals surface area contributed by atoms with E-state index in [2.05, 4.69) is 31.2 Å². The molecule has 6 rings (SSSR count). The minimum atomic E-state index is -0.370. The van der Waals surface area contributed by atoms with Crippen molar-refractivity contribution in [3.63, 3.8) is 0 Å². The van der Waals surface area contributed by atoms with Gasteiger partial charge in [0.25, 0.3) is 17.7 Å². The summed E-state index contributed by atoms with van der Waals surface area (Å²) in [5, 5.41) is 12.9. The molecule has 48 heavy (non-hydrogen) atoms. The second-order valence-corrected chi connectivity index (χ2v) is 11.6. The SMILES string of the molecule is Cn1cc(NC(=O)c2cc(NC(=O)c3ccc(N/C=C/c4ccc5ccccc5n4)cc3)cn2C)cc1C(=O)NCCN1CCOCC1. The number of ether oxygens (including phenoxy) is 1. The van der Waals surface area contributed by atoms with Gasteiger partial charge in [0.05, 0.1) is 35.8 Å². The molecule has 12 nitrogen and oxygen atoms in total. The average Bonchev–Trinajstić information content (AvgIpc) is 3.66. The van der Waals surface area contributed by atoms with Crippen LogP contribution in [0.25, 0.3) is 17.0 Å². The zero-order valence-corrected chi connectivity index (χ0v) is 26.9. The third kappa shape index (κ3) is 7.97. The number of aryl methyl sites for hydroxylation is 2. The number of morpholine rings is 1. The molecule has 3 aromatic heterocycles. The van der Waals surface area contributed by atoms with Gasteiger partial charge in [0, 0.05) is 75.5 Å². The van der Waals surface area contributed by atoms with Gasteiger partial charge in [-0.1, -0.05) is 24.3 Å². The van der Waals surface area contributed by atoms with Gasteiger partial charge < -0.3 is 35.1 Å². The topological polar surface area (TPSA) is 135 Å². The Bertz CT molecular complexity index is 1950. The summed E-state index contributed by atoms with van der Waals surface area (Å²) in [7, 11) is 3.48. The van der Waals surface area contributed by atoms with Crippen molar-refractivity contribution in [1.29, 1.82) is 0 Å². The van der Waals surface area contributed by atoms with Crippen LogP contribution in [0.5, 0.6) is 0 Å². The van der Waals surface area contributed by atoms with E-state index in [1.807, 2.05) is 60.8 Å². The quantitative estimate of drug-likeness (QED) is 0.165. The molecular weight excluding hydrogens is 608 g/mol. The summed E-state index contributed by atoms with van der Waals surface area (Å²) in [6, 6.07) is 22.3. The van der Waals surface area contributed by atoms with Crippen LogP contribution >= 0.6 is 0 Å². The van der Waals surface area contributed by atoms with Crippen LogP contribution in [0.4, 0.5) is 17.1 Å². The van der Waals surface area contributed by atoms with Crippen molar-refractivity contribution in [2.75, 3.05) is 55.3 Å². The van der Waals surface area contributed by atoms with E-state index in [1.165, 1.54) is 0 Å². The molecule has 12 heteroatoms. The fourth-order valence-electron chi connectivity index (χ4n) is 5.47. The number of anilines is 3. The highest BCUT2D eigenvalue weighted by atomic mass is 16.5. The summed E-state index contributed by atoms with van der Waals surface area (Å²) in [5.74, 6) is -0.888. The number of amides is 3. The van der Waals surface area contributed by atoms with Gasteiger partial charge >= 0.3 is 0 Å². The molecule has 5 aromatic rings. The van der Waals surface area contributed by atoms with Crippen LogP contribution in [0.3, 0.4) is 0 Å². The summed E-state index contributed by atoms with van der Waals surface area (Å²) in [5.41, 5.74) is 4.80. The lowest BCUT2D eigenvalue weighted by Crippen LogP contribution is -2.41. The monoisotopic (exact) mass is 646 g/mol. The fraction of sp³-hybridized carbons (Fsp3) is 0.222.